The largest absolute Gasteiger partial charge is 0.508 e. The van der Waals surface area contributed by atoms with Crippen molar-refractivity contribution in [2.75, 3.05) is 30.3 Å². The zero-order valence-electron chi connectivity index (χ0n) is 18.8. The van der Waals surface area contributed by atoms with Gasteiger partial charge in [0.2, 0.25) is 5.95 Å². The number of terminal acetylenes is 1. The molecule has 0 bridgehead atoms. The van der Waals surface area contributed by atoms with Gasteiger partial charge in [-0.05, 0) is 49.4 Å². The molecule has 4 heterocycles. The summed E-state index contributed by atoms with van der Waals surface area (Å²) in [6.07, 6.45) is 10.1. The van der Waals surface area contributed by atoms with Gasteiger partial charge < -0.3 is 21.1 Å². The van der Waals surface area contributed by atoms with Gasteiger partial charge in [-0.3, -0.25) is 4.98 Å². The SMILES string of the molecule is C#Cc1c(F)ccc2cc(O)cc(-c3ncc4c(N)nc(N5CCC6(CCCN6)C5)nc4c3F)c12. The van der Waals surface area contributed by atoms with Gasteiger partial charge in [-0.15, -0.1) is 6.42 Å². The van der Waals surface area contributed by atoms with Crippen LogP contribution in [0.4, 0.5) is 20.5 Å². The molecule has 2 saturated heterocycles. The van der Waals surface area contributed by atoms with Crippen LogP contribution in [0.2, 0.25) is 0 Å². The fraction of sp³-hybridized carbons (Fsp3) is 0.269. The first-order valence-corrected chi connectivity index (χ1v) is 11.4. The van der Waals surface area contributed by atoms with E-state index in [4.69, 9.17) is 12.2 Å². The number of nitrogens with one attached hydrogen (secondary N) is 1. The third-order valence-corrected chi connectivity index (χ3v) is 7.12. The van der Waals surface area contributed by atoms with Crippen LogP contribution in [0.3, 0.4) is 0 Å². The Balaban J connectivity index is 1.54. The summed E-state index contributed by atoms with van der Waals surface area (Å²) in [6, 6.07) is 5.46. The maximum Gasteiger partial charge on any atom is 0.228 e. The Morgan fingerprint density at radius 1 is 1.20 bits per heavy atom. The number of hydrogen-bond acceptors (Lipinski definition) is 7. The van der Waals surface area contributed by atoms with Gasteiger partial charge in [0.25, 0.3) is 0 Å². The van der Waals surface area contributed by atoms with E-state index in [0.717, 1.165) is 38.9 Å². The molecule has 2 fully saturated rings. The van der Waals surface area contributed by atoms with E-state index in [1.54, 1.807) is 0 Å². The van der Waals surface area contributed by atoms with Gasteiger partial charge in [-0.2, -0.15) is 4.98 Å². The maximum absolute atomic E-state index is 16.0. The van der Waals surface area contributed by atoms with E-state index in [9.17, 15) is 9.50 Å². The zero-order valence-corrected chi connectivity index (χ0v) is 18.8. The van der Waals surface area contributed by atoms with Crippen molar-refractivity contribution in [1.29, 1.82) is 0 Å². The number of aromatic nitrogens is 3. The van der Waals surface area contributed by atoms with Crippen LogP contribution in [0.15, 0.2) is 30.5 Å². The Bertz CT molecular complexity index is 1560. The van der Waals surface area contributed by atoms with Gasteiger partial charge in [-0.1, -0.05) is 12.0 Å². The fourth-order valence-electron chi connectivity index (χ4n) is 5.41. The molecule has 4 N–H and O–H groups in total. The van der Waals surface area contributed by atoms with Gasteiger partial charge >= 0.3 is 0 Å². The number of fused-ring (bicyclic) bond motifs is 2. The van der Waals surface area contributed by atoms with Crippen LogP contribution in [-0.4, -0.2) is 45.2 Å². The molecule has 35 heavy (non-hydrogen) atoms. The molecule has 2 aliphatic heterocycles. The summed E-state index contributed by atoms with van der Waals surface area (Å²) in [6.45, 7) is 2.44. The molecule has 0 aliphatic carbocycles. The van der Waals surface area contributed by atoms with Crippen LogP contribution in [-0.2, 0) is 0 Å². The highest BCUT2D eigenvalue weighted by molar-refractivity contribution is 6.02. The number of pyridine rings is 1. The Morgan fingerprint density at radius 2 is 2.06 bits per heavy atom. The van der Waals surface area contributed by atoms with E-state index >= 15 is 4.39 Å². The monoisotopic (exact) mass is 472 g/mol. The molecule has 0 radical (unpaired) electrons. The van der Waals surface area contributed by atoms with Crippen LogP contribution >= 0.6 is 0 Å². The van der Waals surface area contributed by atoms with E-state index in [2.05, 4.69) is 26.2 Å². The predicted molar refractivity (Wildman–Crippen MR) is 131 cm³/mol. The van der Waals surface area contributed by atoms with Gasteiger partial charge in [0, 0.05) is 35.8 Å². The molecule has 7 nitrogen and oxygen atoms in total. The number of phenols is 1. The van der Waals surface area contributed by atoms with E-state index in [1.807, 2.05) is 4.90 Å². The Labute approximate surface area is 200 Å². The van der Waals surface area contributed by atoms with Gasteiger partial charge in [0.05, 0.1) is 10.9 Å². The van der Waals surface area contributed by atoms with E-state index in [-0.39, 0.29) is 50.2 Å². The summed E-state index contributed by atoms with van der Waals surface area (Å²) in [4.78, 5) is 15.2. The average molecular weight is 472 g/mol. The highest BCUT2D eigenvalue weighted by Gasteiger charge is 2.41. The van der Waals surface area contributed by atoms with Gasteiger partial charge in [-0.25, -0.2) is 13.8 Å². The molecule has 1 spiro atoms. The van der Waals surface area contributed by atoms with Crippen molar-refractivity contribution in [3.63, 3.8) is 0 Å². The lowest BCUT2D eigenvalue weighted by molar-refractivity contribution is 0.418. The van der Waals surface area contributed by atoms with Crippen molar-refractivity contribution >= 4 is 33.4 Å². The van der Waals surface area contributed by atoms with Crippen molar-refractivity contribution in [3.05, 3.63) is 47.7 Å². The molecule has 6 rings (SSSR count). The fourth-order valence-corrected chi connectivity index (χ4v) is 5.41. The normalized spacial score (nSPS) is 19.7. The highest BCUT2D eigenvalue weighted by Crippen LogP contribution is 2.38. The summed E-state index contributed by atoms with van der Waals surface area (Å²) in [5, 5.41) is 14.9. The van der Waals surface area contributed by atoms with Crippen LogP contribution in [0.1, 0.15) is 24.8 Å². The number of nitrogens with two attached hydrogens (primary N) is 1. The first kappa shape index (κ1) is 21.5. The number of aromatic hydroxyl groups is 1. The molecule has 9 heteroatoms. The third kappa shape index (κ3) is 3.33. The molecule has 4 aromatic rings. The van der Waals surface area contributed by atoms with Crippen LogP contribution in [0.5, 0.6) is 5.75 Å². The number of phenolic OH excluding ortho intramolecular Hbond substituents is 1. The molecular formula is C26H22F2N6O. The summed E-state index contributed by atoms with van der Waals surface area (Å²) >= 11 is 0. The summed E-state index contributed by atoms with van der Waals surface area (Å²) < 4.78 is 30.5. The smallest absolute Gasteiger partial charge is 0.228 e. The van der Waals surface area contributed by atoms with Gasteiger partial charge in [0.1, 0.15) is 28.6 Å². The first-order valence-electron chi connectivity index (χ1n) is 11.4. The molecule has 0 saturated carbocycles. The minimum Gasteiger partial charge on any atom is -0.508 e. The van der Waals surface area contributed by atoms with E-state index in [1.165, 1.54) is 30.5 Å². The average Bonchev–Trinajstić information content (AvgIpc) is 3.49. The first-order chi connectivity index (χ1) is 16.9. The number of rotatable bonds is 2. The lowest BCUT2D eigenvalue weighted by Crippen LogP contribution is -2.42. The van der Waals surface area contributed by atoms with Crippen LogP contribution < -0.4 is 16.0 Å². The predicted octanol–water partition coefficient (Wildman–Crippen LogP) is 3.72. The number of benzene rings is 2. The molecule has 1 atom stereocenters. The second kappa shape index (κ2) is 7.75. The van der Waals surface area contributed by atoms with Crippen molar-refractivity contribution in [1.82, 2.24) is 20.3 Å². The van der Waals surface area contributed by atoms with E-state index < -0.39 is 11.6 Å². The lowest BCUT2D eigenvalue weighted by atomic mass is 9.96. The molecule has 2 aromatic carbocycles. The summed E-state index contributed by atoms with van der Waals surface area (Å²) in [7, 11) is 0. The zero-order chi connectivity index (χ0) is 24.3. The van der Waals surface area contributed by atoms with Crippen LogP contribution in [0.25, 0.3) is 32.9 Å². The van der Waals surface area contributed by atoms with Crippen molar-refractivity contribution in [3.8, 4) is 29.4 Å². The quantitative estimate of drug-likeness (QED) is 0.382. The lowest BCUT2D eigenvalue weighted by Gasteiger charge is -2.24. The molecule has 176 valence electrons. The topological polar surface area (TPSA) is 100 Å². The number of nitrogen functional groups attached to an aromatic ring is 1. The minimum atomic E-state index is -0.745. The maximum atomic E-state index is 16.0. The Kier molecular flexibility index (Phi) is 4.76. The van der Waals surface area contributed by atoms with Crippen LogP contribution in [0, 0.1) is 24.0 Å². The number of anilines is 2. The number of hydrogen-bond donors (Lipinski definition) is 3. The number of nitrogens with zero attached hydrogens (tertiary/aromatic N) is 4. The van der Waals surface area contributed by atoms with Crippen molar-refractivity contribution < 1.29 is 13.9 Å². The van der Waals surface area contributed by atoms with Crippen molar-refractivity contribution in [2.45, 2.75) is 24.8 Å². The molecule has 0 amide bonds. The van der Waals surface area contributed by atoms with E-state index in [0.29, 0.717) is 11.3 Å². The third-order valence-electron chi connectivity index (χ3n) is 7.12. The Morgan fingerprint density at radius 3 is 2.83 bits per heavy atom. The molecule has 1 unspecified atom stereocenters. The standard InChI is InChI=1S/C26H22F2N6O/c1-2-16-19(27)5-4-14-10-15(35)11-17(20(14)16)22-21(28)23-18(12-30-22)24(29)33-25(32-23)34-9-7-26(13-34)6-3-8-31-26/h1,4-5,10-12,31,35H,3,6-9,13H2,(H2,29,32,33). The molecular weight excluding hydrogens is 450 g/mol. The number of halogens is 2. The minimum absolute atomic E-state index is 0.00739. The summed E-state index contributed by atoms with van der Waals surface area (Å²) in [5.74, 6) is 1.32. The van der Waals surface area contributed by atoms with Gasteiger partial charge in [0.15, 0.2) is 5.82 Å². The highest BCUT2D eigenvalue weighted by atomic mass is 19.1. The van der Waals surface area contributed by atoms with Crippen molar-refractivity contribution in [2.24, 2.45) is 0 Å². The second-order valence-electron chi connectivity index (χ2n) is 9.23. The Hall–Kier alpha value is -4.03. The molecule has 2 aromatic heterocycles. The second-order valence-corrected chi connectivity index (χ2v) is 9.23. The molecule has 2 aliphatic rings. The summed E-state index contributed by atoms with van der Waals surface area (Å²) in [5.41, 5.74) is 6.25.